The highest BCUT2D eigenvalue weighted by Gasteiger charge is 2.18. The number of fused-ring (bicyclic) bond motifs is 1. The van der Waals surface area contributed by atoms with Gasteiger partial charge in [-0.2, -0.15) is 8.75 Å². The van der Waals surface area contributed by atoms with Crippen molar-refractivity contribution in [3.05, 3.63) is 176 Å². The number of nitrogens with zero attached hydrogens (tertiary/aromatic N) is 4. The summed E-state index contributed by atoms with van der Waals surface area (Å²) in [5.74, 6) is 0.557. The Morgan fingerprint density at radius 2 is 0.917 bits per heavy atom. The van der Waals surface area contributed by atoms with Gasteiger partial charge in [0.2, 0.25) is 0 Å². The van der Waals surface area contributed by atoms with Crippen LogP contribution >= 0.6 is 11.7 Å². The van der Waals surface area contributed by atoms with Crippen molar-refractivity contribution in [3.8, 4) is 22.3 Å². The Labute approximate surface area is 285 Å². The lowest BCUT2D eigenvalue weighted by molar-refractivity contribution is 0.728. The molecule has 1 atom stereocenters. The van der Waals surface area contributed by atoms with Crippen LogP contribution in [0.2, 0.25) is 0 Å². The van der Waals surface area contributed by atoms with E-state index in [1.807, 2.05) is 12.1 Å². The van der Waals surface area contributed by atoms with Crippen molar-refractivity contribution in [1.29, 1.82) is 0 Å². The predicted molar refractivity (Wildman–Crippen MR) is 203 cm³/mol. The van der Waals surface area contributed by atoms with Gasteiger partial charge in [-0.05, 0) is 90.2 Å². The molecular weight excluding hydrogens is 605 g/mol. The quantitative estimate of drug-likeness (QED) is 0.166. The maximum atomic E-state index is 4.79. The zero-order chi connectivity index (χ0) is 32.3. The molecule has 8 rings (SSSR count). The van der Waals surface area contributed by atoms with E-state index in [2.05, 4.69) is 174 Å². The topological polar surface area (TPSA) is 32.3 Å². The van der Waals surface area contributed by atoms with Gasteiger partial charge < -0.3 is 9.80 Å². The van der Waals surface area contributed by atoms with E-state index in [1.165, 1.54) is 17.4 Å². The Bertz CT molecular complexity index is 2170. The monoisotopic (exact) mass is 638 g/mol. The van der Waals surface area contributed by atoms with E-state index in [-0.39, 0.29) is 0 Å². The fourth-order valence-electron chi connectivity index (χ4n) is 6.42. The maximum absolute atomic E-state index is 4.79. The minimum Gasteiger partial charge on any atom is -0.311 e. The van der Waals surface area contributed by atoms with Gasteiger partial charge in [0.05, 0.1) is 11.7 Å². The van der Waals surface area contributed by atoms with Crippen LogP contribution in [0.3, 0.4) is 0 Å². The van der Waals surface area contributed by atoms with Crippen LogP contribution in [-0.4, -0.2) is 8.75 Å². The molecule has 232 valence electrons. The number of aromatic nitrogens is 2. The highest BCUT2D eigenvalue weighted by atomic mass is 32.1. The van der Waals surface area contributed by atoms with E-state index < -0.39 is 0 Å². The molecule has 0 radical (unpaired) electrons. The van der Waals surface area contributed by atoms with Gasteiger partial charge in [-0.15, -0.1) is 0 Å². The molecule has 1 heterocycles. The Morgan fingerprint density at radius 1 is 0.500 bits per heavy atom. The van der Waals surface area contributed by atoms with Gasteiger partial charge in [0, 0.05) is 45.3 Å². The van der Waals surface area contributed by atoms with Gasteiger partial charge in [-0.25, -0.2) is 0 Å². The fourth-order valence-corrected chi connectivity index (χ4v) is 6.99. The molecule has 0 spiro atoms. The first-order valence-electron chi connectivity index (χ1n) is 16.3. The van der Waals surface area contributed by atoms with E-state index in [1.54, 1.807) is 0 Å². The van der Waals surface area contributed by atoms with Crippen molar-refractivity contribution < 1.29 is 0 Å². The first-order valence-corrected chi connectivity index (χ1v) is 17.1. The summed E-state index contributed by atoms with van der Waals surface area (Å²) >= 11 is 1.27. The van der Waals surface area contributed by atoms with Crippen LogP contribution in [0.5, 0.6) is 0 Å². The van der Waals surface area contributed by atoms with Crippen molar-refractivity contribution in [2.75, 3.05) is 9.80 Å². The molecule has 4 nitrogen and oxygen atoms in total. The third-order valence-electron chi connectivity index (χ3n) is 8.88. The van der Waals surface area contributed by atoms with E-state index >= 15 is 0 Å². The lowest BCUT2D eigenvalue weighted by atomic mass is 9.97. The van der Waals surface area contributed by atoms with Crippen molar-refractivity contribution in [2.45, 2.75) is 13.3 Å². The summed E-state index contributed by atoms with van der Waals surface area (Å²) in [4.78, 5) is 4.60. The second kappa shape index (κ2) is 13.1. The summed E-state index contributed by atoms with van der Waals surface area (Å²) in [6.45, 7) is 2.26. The van der Waals surface area contributed by atoms with Crippen LogP contribution in [0.1, 0.15) is 13.3 Å². The van der Waals surface area contributed by atoms with E-state index in [4.69, 9.17) is 8.75 Å². The van der Waals surface area contributed by atoms with Gasteiger partial charge in [0.1, 0.15) is 11.0 Å². The molecule has 0 bridgehead atoms. The Morgan fingerprint density at radius 3 is 1.35 bits per heavy atom. The second-order valence-electron chi connectivity index (χ2n) is 12.1. The first kappa shape index (κ1) is 29.6. The van der Waals surface area contributed by atoms with Gasteiger partial charge >= 0.3 is 0 Å². The lowest BCUT2D eigenvalue weighted by Crippen LogP contribution is -2.17. The van der Waals surface area contributed by atoms with Gasteiger partial charge in [0.15, 0.2) is 0 Å². The van der Waals surface area contributed by atoms with Gasteiger partial charge in [0.25, 0.3) is 0 Å². The lowest BCUT2D eigenvalue weighted by Gasteiger charge is -2.28. The normalized spacial score (nSPS) is 14.1. The maximum Gasteiger partial charge on any atom is 0.113 e. The predicted octanol–water partition coefficient (Wildman–Crippen LogP) is 12.1. The number of hydrogen-bond acceptors (Lipinski definition) is 5. The molecule has 0 aliphatic heterocycles. The SMILES string of the molecule is CC1C=CC(N(c2ccccc2)c2ccc(-c3ccc(-c4ccc(N(c5ccccc5)c5ccccc5)cc4)c4nsnc34)cc2)=CC1. The summed E-state index contributed by atoms with van der Waals surface area (Å²) in [5.41, 5.74) is 13.1. The summed E-state index contributed by atoms with van der Waals surface area (Å²) < 4.78 is 9.57. The standard InChI is InChI=1S/C43H34N4S/c1-31-17-23-37(24-18-31)47(36-15-9-4-10-16-36)39-27-21-33(22-28-39)41-30-29-40(42-43(41)45-48-44-42)32-19-25-38(26-20-32)46(34-11-5-2-6-12-34)35-13-7-3-8-14-35/h2-17,19-31H,18H2,1H3. The molecule has 1 aliphatic rings. The largest absolute Gasteiger partial charge is 0.311 e. The van der Waals surface area contributed by atoms with Crippen molar-refractivity contribution >= 4 is 51.2 Å². The zero-order valence-corrected chi connectivity index (χ0v) is 27.5. The number of benzene rings is 6. The third-order valence-corrected chi connectivity index (χ3v) is 9.41. The molecule has 1 aromatic heterocycles. The molecule has 1 aliphatic carbocycles. The highest BCUT2D eigenvalue weighted by molar-refractivity contribution is 7.00. The van der Waals surface area contributed by atoms with Crippen molar-refractivity contribution in [3.63, 3.8) is 0 Å². The summed E-state index contributed by atoms with van der Waals surface area (Å²) in [5, 5.41) is 0. The molecule has 48 heavy (non-hydrogen) atoms. The first-order chi connectivity index (χ1) is 23.7. The Kier molecular flexibility index (Phi) is 8.11. The smallest absolute Gasteiger partial charge is 0.113 e. The highest BCUT2D eigenvalue weighted by Crippen LogP contribution is 2.39. The average Bonchev–Trinajstić information content (AvgIpc) is 3.65. The minimum absolute atomic E-state index is 0.557. The minimum atomic E-state index is 0.557. The van der Waals surface area contributed by atoms with Crippen LogP contribution in [0.4, 0.5) is 28.4 Å². The number of hydrogen-bond donors (Lipinski definition) is 0. The molecule has 1 unspecified atom stereocenters. The molecule has 0 amide bonds. The van der Waals surface area contributed by atoms with Gasteiger partial charge in [-0.1, -0.05) is 110 Å². The molecule has 0 saturated heterocycles. The second-order valence-corrected chi connectivity index (χ2v) is 12.6. The fraction of sp³-hybridized carbons (Fsp3) is 0.0698. The van der Waals surface area contributed by atoms with Crippen molar-refractivity contribution in [2.24, 2.45) is 5.92 Å². The number of rotatable bonds is 8. The zero-order valence-electron chi connectivity index (χ0n) is 26.6. The van der Waals surface area contributed by atoms with Gasteiger partial charge in [-0.3, -0.25) is 0 Å². The van der Waals surface area contributed by atoms with E-state index in [9.17, 15) is 0 Å². The molecule has 0 N–H and O–H groups in total. The Balaban J connectivity index is 1.11. The Hall–Kier alpha value is -5.78. The number of allylic oxidation sites excluding steroid dienone is 3. The molecule has 0 saturated carbocycles. The van der Waals surface area contributed by atoms with Crippen LogP contribution < -0.4 is 9.80 Å². The van der Waals surface area contributed by atoms with E-state index in [0.717, 1.165) is 68.1 Å². The molecule has 7 aromatic rings. The van der Waals surface area contributed by atoms with Crippen LogP contribution in [0, 0.1) is 5.92 Å². The van der Waals surface area contributed by atoms with Crippen LogP contribution in [-0.2, 0) is 0 Å². The van der Waals surface area contributed by atoms with E-state index in [0.29, 0.717) is 5.92 Å². The summed E-state index contributed by atoms with van der Waals surface area (Å²) in [6, 6.07) is 53.5. The summed E-state index contributed by atoms with van der Waals surface area (Å²) in [6.07, 6.45) is 7.91. The van der Waals surface area contributed by atoms with Crippen LogP contribution in [0.25, 0.3) is 33.3 Å². The van der Waals surface area contributed by atoms with Crippen molar-refractivity contribution in [1.82, 2.24) is 8.75 Å². The molecule has 5 heteroatoms. The average molecular weight is 639 g/mol. The third kappa shape index (κ3) is 5.81. The van der Waals surface area contributed by atoms with Crippen LogP contribution in [0.15, 0.2) is 176 Å². The number of anilines is 5. The molecule has 6 aromatic carbocycles. The molecular formula is C43H34N4S. The molecule has 0 fully saturated rings. The number of para-hydroxylation sites is 3. The summed E-state index contributed by atoms with van der Waals surface area (Å²) in [7, 11) is 0.